The molecule has 2 aliphatic rings. The molecule has 0 aromatic heterocycles. The van der Waals surface area contributed by atoms with E-state index in [1.54, 1.807) is 0 Å². The normalized spacial score (nSPS) is 29.3. The van der Waals surface area contributed by atoms with Crippen LogP contribution >= 0.6 is 12.6 Å². The molecule has 2 atom stereocenters. The maximum atomic E-state index is 5.96. The highest BCUT2D eigenvalue weighted by Gasteiger charge is 2.29. The zero-order chi connectivity index (χ0) is 11.8. The van der Waals surface area contributed by atoms with Crippen LogP contribution in [-0.2, 0) is 17.8 Å². The van der Waals surface area contributed by atoms with Gasteiger partial charge in [-0.05, 0) is 29.7 Å². The molecule has 0 spiro atoms. The second-order valence-corrected chi connectivity index (χ2v) is 5.56. The highest BCUT2D eigenvalue weighted by atomic mass is 32.1. The van der Waals surface area contributed by atoms with E-state index < -0.39 is 0 Å². The Balaban J connectivity index is 1.73. The Hall–Kier alpha value is -0.550. The molecule has 1 saturated heterocycles. The van der Waals surface area contributed by atoms with Crippen LogP contribution in [0.1, 0.15) is 17.5 Å². The second-order valence-electron chi connectivity index (χ2n) is 5.05. The van der Waals surface area contributed by atoms with Crippen molar-refractivity contribution < 1.29 is 4.74 Å². The number of hydrogen-bond donors (Lipinski definition) is 2. The summed E-state index contributed by atoms with van der Waals surface area (Å²) in [5.41, 5.74) is 8.78. The zero-order valence-electron chi connectivity index (χ0n) is 9.80. The van der Waals surface area contributed by atoms with Gasteiger partial charge in [0.1, 0.15) is 0 Å². The molecule has 2 aliphatic heterocycles. The average molecular weight is 250 g/mol. The molecule has 92 valence electrons. The van der Waals surface area contributed by atoms with E-state index >= 15 is 0 Å². The first-order valence-corrected chi connectivity index (χ1v) is 6.55. The van der Waals surface area contributed by atoms with Gasteiger partial charge in [0.2, 0.25) is 0 Å². The number of ether oxygens (including phenoxy) is 1. The van der Waals surface area contributed by atoms with Crippen LogP contribution in [0.25, 0.3) is 0 Å². The minimum absolute atomic E-state index is 0.193. The Labute approximate surface area is 107 Å². The fourth-order valence-electron chi connectivity index (χ4n) is 2.76. The predicted octanol–water partition coefficient (Wildman–Crippen LogP) is 1.41. The first-order chi connectivity index (χ1) is 8.22. The maximum Gasteiger partial charge on any atom is 0.0623 e. The van der Waals surface area contributed by atoms with Crippen molar-refractivity contribution in [1.82, 2.24) is 4.90 Å². The minimum Gasteiger partial charge on any atom is -0.378 e. The Morgan fingerprint density at radius 1 is 1.24 bits per heavy atom. The van der Waals surface area contributed by atoms with Crippen molar-refractivity contribution in [1.29, 1.82) is 0 Å². The van der Waals surface area contributed by atoms with Crippen molar-refractivity contribution in [2.24, 2.45) is 5.73 Å². The van der Waals surface area contributed by atoms with Gasteiger partial charge in [0.15, 0.2) is 0 Å². The van der Waals surface area contributed by atoms with E-state index in [4.69, 9.17) is 10.5 Å². The van der Waals surface area contributed by atoms with Crippen molar-refractivity contribution in [2.45, 2.75) is 36.5 Å². The van der Waals surface area contributed by atoms with Crippen LogP contribution in [-0.4, -0.2) is 30.2 Å². The lowest BCUT2D eigenvalue weighted by Gasteiger charge is -2.33. The second kappa shape index (κ2) is 4.61. The summed E-state index contributed by atoms with van der Waals surface area (Å²) < 4.78 is 5.55. The molecule has 0 saturated carbocycles. The molecule has 0 amide bonds. The van der Waals surface area contributed by atoms with Gasteiger partial charge >= 0.3 is 0 Å². The number of hydrogen-bond acceptors (Lipinski definition) is 4. The lowest BCUT2D eigenvalue weighted by Crippen LogP contribution is -2.46. The van der Waals surface area contributed by atoms with Crippen LogP contribution in [0.4, 0.5) is 0 Å². The SMILES string of the molecule is NC1COCC(N2Cc3ccc(S)cc3C2)C1. The van der Waals surface area contributed by atoms with E-state index in [2.05, 4.69) is 35.7 Å². The maximum absolute atomic E-state index is 5.96. The van der Waals surface area contributed by atoms with Gasteiger partial charge in [0.05, 0.1) is 13.2 Å². The fourth-order valence-corrected chi connectivity index (χ4v) is 2.99. The first-order valence-electron chi connectivity index (χ1n) is 6.10. The lowest BCUT2D eigenvalue weighted by atomic mass is 10.1. The van der Waals surface area contributed by atoms with Gasteiger partial charge in [-0.3, -0.25) is 4.90 Å². The smallest absolute Gasteiger partial charge is 0.0623 e. The van der Waals surface area contributed by atoms with Gasteiger partial charge in [-0.1, -0.05) is 6.07 Å². The molecule has 1 fully saturated rings. The minimum atomic E-state index is 0.193. The standard InChI is InChI=1S/C13H18N2OS/c14-11-4-12(8-16-7-11)15-5-9-1-2-13(17)3-10(9)6-15/h1-3,11-12,17H,4-8,14H2. The quantitative estimate of drug-likeness (QED) is 0.740. The number of thiol groups is 1. The molecule has 2 heterocycles. The highest BCUT2D eigenvalue weighted by molar-refractivity contribution is 7.80. The fraction of sp³-hybridized carbons (Fsp3) is 0.538. The molecule has 0 bridgehead atoms. The summed E-state index contributed by atoms with van der Waals surface area (Å²) in [6.45, 7) is 3.54. The molecule has 3 nitrogen and oxygen atoms in total. The molecule has 0 radical (unpaired) electrons. The van der Waals surface area contributed by atoms with Gasteiger partial charge in [0.25, 0.3) is 0 Å². The zero-order valence-corrected chi connectivity index (χ0v) is 10.7. The third-order valence-electron chi connectivity index (χ3n) is 3.67. The predicted molar refractivity (Wildman–Crippen MR) is 70.1 cm³/mol. The third-order valence-corrected chi connectivity index (χ3v) is 3.95. The van der Waals surface area contributed by atoms with Gasteiger partial charge in [-0.2, -0.15) is 0 Å². The molecule has 0 aliphatic carbocycles. The van der Waals surface area contributed by atoms with Crippen LogP contribution in [0.2, 0.25) is 0 Å². The molecule has 1 aromatic rings. The molecule has 2 unspecified atom stereocenters. The monoisotopic (exact) mass is 250 g/mol. The largest absolute Gasteiger partial charge is 0.378 e. The van der Waals surface area contributed by atoms with Crippen LogP contribution in [0.5, 0.6) is 0 Å². The van der Waals surface area contributed by atoms with Crippen LogP contribution in [0.3, 0.4) is 0 Å². The number of rotatable bonds is 1. The Morgan fingerprint density at radius 3 is 2.88 bits per heavy atom. The van der Waals surface area contributed by atoms with Gasteiger partial charge < -0.3 is 10.5 Å². The molecule has 2 N–H and O–H groups in total. The van der Waals surface area contributed by atoms with E-state index in [-0.39, 0.29) is 6.04 Å². The Bertz CT molecular complexity index is 424. The molecule has 1 aromatic carbocycles. The summed E-state index contributed by atoms with van der Waals surface area (Å²) in [4.78, 5) is 3.51. The summed E-state index contributed by atoms with van der Waals surface area (Å²) in [5.74, 6) is 0. The summed E-state index contributed by atoms with van der Waals surface area (Å²) in [7, 11) is 0. The van der Waals surface area contributed by atoms with Crippen molar-refractivity contribution in [3.63, 3.8) is 0 Å². The van der Waals surface area contributed by atoms with Crippen molar-refractivity contribution in [3.05, 3.63) is 29.3 Å². The Morgan fingerprint density at radius 2 is 2.06 bits per heavy atom. The average Bonchev–Trinajstić information content (AvgIpc) is 2.72. The van der Waals surface area contributed by atoms with Gasteiger partial charge in [-0.25, -0.2) is 0 Å². The van der Waals surface area contributed by atoms with Crippen molar-refractivity contribution in [3.8, 4) is 0 Å². The lowest BCUT2D eigenvalue weighted by molar-refractivity contribution is 0.00549. The Kier molecular flexibility index (Phi) is 3.13. The van der Waals surface area contributed by atoms with E-state index in [0.717, 1.165) is 31.0 Å². The number of benzene rings is 1. The number of fused-ring (bicyclic) bond motifs is 1. The van der Waals surface area contributed by atoms with Crippen LogP contribution in [0.15, 0.2) is 23.1 Å². The van der Waals surface area contributed by atoms with Crippen molar-refractivity contribution in [2.75, 3.05) is 13.2 Å². The van der Waals surface area contributed by atoms with E-state index in [1.165, 1.54) is 11.1 Å². The third kappa shape index (κ3) is 2.36. The number of nitrogens with two attached hydrogens (primary N) is 1. The van der Waals surface area contributed by atoms with Gasteiger partial charge in [0, 0.05) is 30.1 Å². The molecule has 17 heavy (non-hydrogen) atoms. The summed E-state index contributed by atoms with van der Waals surface area (Å²) >= 11 is 4.39. The van der Waals surface area contributed by atoms with Crippen LogP contribution < -0.4 is 5.73 Å². The highest BCUT2D eigenvalue weighted by Crippen LogP contribution is 2.28. The molecular formula is C13H18N2OS. The number of nitrogens with zero attached hydrogens (tertiary/aromatic N) is 1. The summed E-state index contributed by atoms with van der Waals surface area (Å²) in [6, 6.07) is 7.07. The van der Waals surface area contributed by atoms with E-state index in [1.807, 2.05) is 0 Å². The van der Waals surface area contributed by atoms with Crippen LogP contribution in [0, 0.1) is 0 Å². The van der Waals surface area contributed by atoms with Crippen molar-refractivity contribution >= 4 is 12.6 Å². The van der Waals surface area contributed by atoms with Gasteiger partial charge in [-0.15, -0.1) is 12.6 Å². The molecule has 4 heteroatoms. The van der Waals surface area contributed by atoms with E-state index in [0.29, 0.717) is 12.6 Å². The summed E-state index contributed by atoms with van der Waals surface area (Å²) in [5, 5.41) is 0. The molecule has 3 rings (SSSR count). The summed E-state index contributed by atoms with van der Waals surface area (Å²) in [6.07, 6.45) is 1.04. The van der Waals surface area contributed by atoms with E-state index in [9.17, 15) is 0 Å². The topological polar surface area (TPSA) is 38.5 Å². The molecular weight excluding hydrogens is 232 g/mol. The first kappa shape index (κ1) is 11.5.